The van der Waals surface area contributed by atoms with Gasteiger partial charge in [0.25, 0.3) is 0 Å². The summed E-state index contributed by atoms with van der Waals surface area (Å²) in [6, 6.07) is 7.46. The molecule has 23 heavy (non-hydrogen) atoms. The van der Waals surface area contributed by atoms with Crippen LogP contribution in [0.2, 0.25) is 0 Å². The van der Waals surface area contributed by atoms with Crippen molar-refractivity contribution in [3.8, 4) is 0 Å². The molecule has 1 aromatic carbocycles. The number of urea groups is 1. The number of carbonyl (C=O) groups excluding carboxylic acids is 1. The number of hydrogen-bond donors (Lipinski definition) is 1. The van der Waals surface area contributed by atoms with E-state index in [1.165, 1.54) is 11.3 Å². The summed E-state index contributed by atoms with van der Waals surface area (Å²) in [5.41, 5.74) is 4.24. The van der Waals surface area contributed by atoms with E-state index < -0.39 is 0 Å². The lowest BCUT2D eigenvalue weighted by Gasteiger charge is -2.18. The van der Waals surface area contributed by atoms with Gasteiger partial charge in [-0.2, -0.15) is 5.10 Å². The molecule has 6 heteroatoms. The van der Waals surface area contributed by atoms with Gasteiger partial charge in [0.05, 0.1) is 5.69 Å². The van der Waals surface area contributed by atoms with Crippen molar-refractivity contribution in [2.75, 3.05) is 18.9 Å². The average Bonchev–Trinajstić information content (AvgIpc) is 2.79. The largest absolute Gasteiger partial charge is 0.327 e. The highest BCUT2D eigenvalue weighted by Gasteiger charge is 2.14. The fraction of sp³-hybridized carbons (Fsp3) is 0.412. The fourth-order valence-corrected chi connectivity index (χ4v) is 2.97. The van der Waals surface area contributed by atoms with Crippen molar-refractivity contribution in [2.24, 2.45) is 0 Å². The molecule has 1 heterocycles. The number of hydrogen-bond acceptors (Lipinski definition) is 2. The lowest BCUT2D eigenvalue weighted by molar-refractivity contribution is 0.223. The Hall–Kier alpha value is -1.82. The Morgan fingerprint density at radius 2 is 2.13 bits per heavy atom. The van der Waals surface area contributed by atoms with Crippen LogP contribution in [0.15, 0.2) is 28.7 Å². The summed E-state index contributed by atoms with van der Waals surface area (Å²) in [5.74, 6) is 0. The number of aromatic nitrogens is 2. The van der Waals surface area contributed by atoms with E-state index in [2.05, 4.69) is 40.2 Å². The summed E-state index contributed by atoms with van der Waals surface area (Å²) in [6.45, 7) is 7.71. The number of rotatable bonds is 5. The van der Waals surface area contributed by atoms with Crippen molar-refractivity contribution in [3.05, 3.63) is 45.7 Å². The molecule has 0 spiro atoms. The van der Waals surface area contributed by atoms with Crippen LogP contribution in [0.1, 0.15) is 23.9 Å². The first-order valence-electron chi connectivity index (χ1n) is 7.73. The Morgan fingerprint density at radius 3 is 2.74 bits per heavy atom. The van der Waals surface area contributed by atoms with E-state index in [9.17, 15) is 4.79 Å². The third kappa shape index (κ3) is 4.34. The summed E-state index contributed by atoms with van der Waals surface area (Å²) in [5, 5.41) is 7.42. The highest BCUT2D eigenvalue weighted by atomic mass is 79.9. The number of carbonyl (C=O) groups is 1. The third-order valence-electron chi connectivity index (χ3n) is 3.95. The average molecular weight is 379 g/mol. The zero-order valence-electron chi connectivity index (χ0n) is 14.1. The lowest BCUT2D eigenvalue weighted by Crippen LogP contribution is -2.33. The molecule has 2 amide bonds. The van der Waals surface area contributed by atoms with Gasteiger partial charge < -0.3 is 10.2 Å². The summed E-state index contributed by atoms with van der Waals surface area (Å²) in [6.07, 6.45) is 0.806. The lowest BCUT2D eigenvalue weighted by atomic mass is 10.1. The number of nitrogens with zero attached hydrogens (tertiary/aromatic N) is 3. The van der Waals surface area contributed by atoms with E-state index in [1.54, 1.807) is 4.90 Å². The molecule has 0 unspecified atom stereocenters. The molecule has 2 aromatic rings. The second-order valence-electron chi connectivity index (χ2n) is 5.58. The van der Waals surface area contributed by atoms with Crippen molar-refractivity contribution < 1.29 is 4.79 Å². The van der Waals surface area contributed by atoms with Gasteiger partial charge >= 0.3 is 6.03 Å². The van der Waals surface area contributed by atoms with Gasteiger partial charge in [0.1, 0.15) is 0 Å². The summed E-state index contributed by atoms with van der Waals surface area (Å²) in [4.78, 5) is 14.0. The van der Waals surface area contributed by atoms with Crippen molar-refractivity contribution in [1.29, 1.82) is 0 Å². The van der Waals surface area contributed by atoms with Crippen LogP contribution in [0.3, 0.4) is 0 Å². The number of nitrogens with one attached hydrogen (secondary N) is 1. The second-order valence-corrected chi connectivity index (χ2v) is 6.49. The topological polar surface area (TPSA) is 50.2 Å². The molecule has 5 nitrogen and oxygen atoms in total. The van der Waals surface area contributed by atoms with Crippen molar-refractivity contribution in [3.63, 3.8) is 0 Å². The van der Waals surface area contributed by atoms with Gasteiger partial charge in [-0.25, -0.2) is 4.79 Å². The Balaban J connectivity index is 1.95. The van der Waals surface area contributed by atoms with Gasteiger partial charge in [0.2, 0.25) is 0 Å². The van der Waals surface area contributed by atoms with Gasteiger partial charge in [-0.1, -0.05) is 22.0 Å². The van der Waals surface area contributed by atoms with E-state index in [0.29, 0.717) is 6.54 Å². The van der Waals surface area contributed by atoms with Gasteiger partial charge in [-0.15, -0.1) is 0 Å². The summed E-state index contributed by atoms with van der Waals surface area (Å²) in [7, 11) is 1.81. The first-order chi connectivity index (χ1) is 10.9. The molecular weight excluding hydrogens is 356 g/mol. The molecule has 0 atom stereocenters. The molecule has 0 bridgehead atoms. The molecule has 0 radical (unpaired) electrons. The minimum Gasteiger partial charge on any atom is -0.327 e. The first kappa shape index (κ1) is 17.5. The van der Waals surface area contributed by atoms with Crippen molar-refractivity contribution in [2.45, 2.75) is 33.7 Å². The van der Waals surface area contributed by atoms with Gasteiger partial charge in [-0.05, 0) is 51.0 Å². The predicted molar refractivity (Wildman–Crippen MR) is 96.9 cm³/mol. The van der Waals surface area contributed by atoms with Crippen LogP contribution in [0.25, 0.3) is 0 Å². The molecule has 1 aromatic heterocycles. The van der Waals surface area contributed by atoms with Crippen LogP contribution in [-0.2, 0) is 13.0 Å². The van der Waals surface area contributed by atoms with Gasteiger partial charge in [0, 0.05) is 36.0 Å². The normalized spacial score (nSPS) is 10.7. The van der Waals surface area contributed by atoms with Crippen LogP contribution >= 0.6 is 15.9 Å². The fourth-order valence-electron chi connectivity index (χ4n) is 2.57. The molecule has 0 aliphatic rings. The maximum Gasteiger partial charge on any atom is 0.321 e. The molecule has 124 valence electrons. The zero-order chi connectivity index (χ0) is 17.0. The Morgan fingerprint density at radius 1 is 1.39 bits per heavy atom. The highest BCUT2D eigenvalue weighted by Crippen LogP contribution is 2.17. The Bertz CT molecular complexity index is 696. The standard InChI is InChI=1S/C17H23BrN4O/c1-5-22-13(3)16(12(2)20-22)9-10-21(4)17(23)19-15-8-6-7-14(18)11-15/h6-8,11H,5,9-10H2,1-4H3,(H,19,23). The number of halogens is 1. The van der Waals surface area contributed by atoms with Crippen LogP contribution in [0.4, 0.5) is 10.5 Å². The molecule has 1 N–H and O–H groups in total. The quantitative estimate of drug-likeness (QED) is 0.854. The summed E-state index contributed by atoms with van der Waals surface area (Å²) >= 11 is 3.40. The molecule has 0 aliphatic heterocycles. The first-order valence-corrected chi connectivity index (χ1v) is 8.52. The predicted octanol–water partition coefficient (Wildman–Crippen LogP) is 3.99. The number of anilines is 1. The minimum atomic E-state index is -0.110. The van der Waals surface area contributed by atoms with Crippen molar-refractivity contribution in [1.82, 2.24) is 14.7 Å². The number of likely N-dealkylation sites (N-methyl/N-ethyl adjacent to an activating group) is 1. The van der Waals surface area contributed by atoms with Crippen LogP contribution < -0.4 is 5.32 Å². The monoisotopic (exact) mass is 378 g/mol. The number of amides is 2. The second kappa shape index (κ2) is 7.64. The number of aryl methyl sites for hydroxylation is 2. The SMILES string of the molecule is CCn1nc(C)c(CCN(C)C(=O)Nc2cccc(Br)c2)c1C. The third-order valence-corrected chi connectivity index (χ3v) is 4.44. The van der Waals surface area contributed by atoms with Crippen LogP contribution in [-0.4, -0.2) is 34.3 Å². The maximum atomic E-state index is 12.3. The minimum absolute atomic E-state index is 0.110. The maximum absolute atomic E-state index is 12.3. The molecule has 0 saturated carbocycles. The van der Waals surface area contributed by atoms with Crippen LogP contribution in [0, 0.1) is 13.8 Å². The van der Waals surface area contributed by atoms with Crippen LogP contribution in [0.5, 0.6) is 0 Å². The Kier molecular flexibility index (Phi) is 5.82. The molecule has 2 rings (SSSR count). The number of benzene rings is 1. The van der Waals surface area contributed by atoms with E-state index in [1.807, 2.05) is 42.9 Å². The van der Waals surface area contributed by atoms with Gasteiger partial charge in [-0.3, -0.25) is 4.68 Å². The summed E-state index contributed by atoms with van der Waals surface area (Å²) < 4.78 is 2.95. The van der Waals surface area contributed by atoms with Gasteiger partial charge in [0.15, 0.2) is 0 Å². The van der Waals surface area contributed by atoms with E-state index in [4.69, 9.17) is 0 Å². The van der Waals surface area contributed by atoms with Crippen molar-refractivity contribution >= 4 is 27.6 Å². The van der Waals surface area contributed by atoms with E-state index >= 15 is 0 Å². The zero-order valence-corrected chi connectivity index (χ0v) is 15.6. The van der Waals surface area contributed by atoms with E-state index in [-0.39, 0.29) is 6.03 Å². The molecule has 0 saturated heterocycles. The smallest absolute Gasteiger partial charge is 0.321 e. The molecule has 0 fully saturated rings. The Labute approximate surface area is 145 Å². The van der Waals surface area contributed by atoms with E-state index in [0.717, 1.165) is 28.8 Å². The molecule has 0 aliphatic carbocycles. The highest BCUT2D eigenvalue weighted by molar-refractivity contribution is 9.10. The molecular formula is C17H23BrN4O.